The smallest absolute Gasteiger partial charge is 0.226 e. The van der Waals surface area contributed by atoms with Crippen molar-refractivity contribution >= 4 is 33.4 Å². The van der Waals surface area contributed by atoms with Crippen molar-refractivity contribution in [3.05, 3.63) is 33.3 Å². The summed E-state index contributed by atoms with van der Waals surface area (Å²) < 4.78 is 5.98. The van der Waals surface area contributed by atoms with E-state index in [0.29, 0.717) is 10.9 Å². The lowest BCUT2D eigenvalue weighted by molar-refractivity contribution is 0.438. The van der Waals surface area contributed by atoms with Gasteiger partial charge in [-0.1, -0.05) is 52.6 Å². The maximum atomic E-state index is 6.20. The van der Waals surface area contributed by atoms with Crippen LogP contribution in [-0.4, -0.2) is 5.16 Å². The first kappa shape index (κ1) is 12.5. The van der Waals surface area contributed by atoms with Crippen molar-refractivity contribution in [2.75, 3.05) is 5.73 Å². The number of benzene rings is 1. The fourth-order valence-corrected chi connectivity index (χ4v) is 2.51. The van der Waals surface area contributed by atoms with Crippen LogP contribution in [0, 0.1) is 0 Å². The highest BCUT2D eigenvalue weighted by atomic mass is 79.9. The molecule has 3 nitrogen and oxygen atoms in total. The number of halogens is 2. The molecule has 0 bridgehead atoms. The fourth-order valence-electron chi connectivity index (χ4n) is 1.74. The van der Waals surface area contributed by atoms with Gasteiger partial charge in [0.1, 0.15) is 5.69 Å². The van der Waals surface area contributed by atoms with Gasteiger partial charge in [-0.2, -0.15) is 0 Å². The predicted molar refractivity (Wildman–Crippen MR) is 73.2 cm³/mol. The van der Waals surface area contributed by atoms with E-state index in [0.717, 1.165) is 21.3 Å². The molecule has 17 heavy (non-hydrogen) atoms. The van der Waals surface area contributed by atoms with E-state index in [1.165, 1.54) is 0 Å². The molecule has 0 amide bonds. The minimum atomic E-state index is 0.232. The lowest BCUT2D eigenvalue weighted by Crippen LogP contribution is -1.94. The Labute approximate surface area is 113 Å². The Hall–Kier alpha value is -1.00. The average molecular weight is 316 g/mol. The van der Waals surface area contributed by atoms with Gasteiger partial charge in [-0.25, -0.2) is 0 Å². The van der Waals surface area contributed by atoms with Crippen molar-refractivity contribution < 1.29 is 4.52 Å². The first-order valence-corrected chi connectivity index (χ1v) is 6.38. The van der Waals surface area contributed by atoms with Crippen molar-refractivity contribution in [3.8, 4) is 11.3 Å². The molecule has 5 heteroatoms. The van der Waals surface area contributed by atoms with Gasteiger partial charge in [0.25, 0.3) is 0 Å². The molecular formula is C12H12BrClN2O. The summed E-state index contributed by atoms with van der Waals surface area (Å²) in [5.74, 6) is 0.588. The molecule has 2 rings (SSSR count). The molecule has 0 aliphatic heterocycles. The molecule has 1 aromatic heterocycles. The number of aromatic nitrogens is 1. The third kappa shape index (κ3) is 2.33. The Balaban J connectivity index is 2.61. The first-order chi connectivity index (χ1) is 8.00. The van der Waals surface area contributed by atoms with Crippen LogP contribution in [0.1, 0.15) is 25.3 Å². The fraction of sp³-hybridized carbons (Fsp3) is 0.250. The largest absolute Gasteiger partial charge is 0.367 e. The van der Waals surface area contributed by atoms with Crippen molar-refractivity contribution in [2.45, 2.75) is 19.8 Å². The number of hydrogen-bond donors (Lipinski definition) is 1. The van der Waals surface area contributed by atoms with Crippen LogP contribution in [0.25, 0.3) is 11.3 Å². The summed E-state index contributed by atoms with van der Waals surface area (Å²) in [6.07, 6.45) is 0. The molecule has 0 aliphatic carbocycles. The normalized spacial score (nSPS) is 11.1. The molecule has 2 aromatic rings. The highest BCUT2D eigenvalue weighted by molar-refractivity contribution is 9.10. The second kappa shape index (κ2) is 4.70. The van der Waals surface area contributed by atoms with Gasteiger partial charge in [-0.3, -0.25) is 0 Å². The van der Waals surface area contributed by atoms with E-state index >= 15 is 0 Å². The van der Waals surface area contributed by atoms with Gasteiger partial charge in [-0.05, 0) is 18.1 Å². The molecule has 0 aliphatic rings. The molecule has 1 heterocycles. The summed E-state index contributed by atoms with van der Waals surface area (Å²) in [5.41, 5.74) is 8.23. The zero-order chi connectivity index (χ0) is 12.6. The third-order valence-electron chi connectivity index (χ3n) is 2.52. The quantitative estimate of drug-likeness (QED) is 0.890. The van der Waals surface area contributed by atoms with Crippen LogP contribution in [0.15, 0.2) is 27.2 Å². The van der Waals surface area contributed by atoms with E-state index in [9.17, 15) is 0 Å². The Morgan fingerprint density at radius 3 is 2.71 bits per heavy atom. The van der Waals surface area contributed by atoms with E-state index in [4.69, 9.17) is 21.9 Å². The van der Waals surface area contributed by atoms with Crippen LogP contribution in [0.4, 0.5) is 5.88 Å². The molecule has 0 saturated heterocycles. The summed E-state index contributed by atoms with van der Waals surface area (Å²) in [5, 5.41) is 4.62. The molecule has 90 valence electrons. The summed E-state index contributed by atoms with van der Waals surface area (Å²) in [4.78, 5) is 0. The summed E-state index contributed by atoms with van der Waals surface area (Å²) in [6, 6.07) is 5.64. The maximum Gasteiger partial charge on any atom is 0.226 e. The Morgan fingerprint density at radius 1 is 1.41 bits per heavy atom. The number of nitrogens with two attached hydrogens (primary N) is 1. The van der Waals surface area contributed by atoms with Gasteiger partial charge >= 0.3 is 0 Å². The molecule has 0 fully saturated rings. The van der Waals surface area contributed by atoms with E-state index < -0.39 is 0 Å². The second-order valence-corrected chi connectivity index (χ2v) is 5.41. The lowest BCUT2D eigenvalue weighted by atomic mass is 9.99. The van der Waals surface area contributed by atoms with Gasteiger partial charge in [0.15, 0.2) is 0 Å². The minimum absolute atomic E-state index is 0.232. The lowest BCUT2D eigenvalue weighted by Gasteiger charge is -2.07. The summed E-state index contributed by atoms with van der Waals surface area (Å²) in [6.45, 7) is 4.08. The minimum Gasteiger partial charge on any atom is -0.367 e. The molecule has 0 unspecified atom stereocenters. The number of hydrogen-bond acceptors (Lipinski definition) is 3. The highest BCUT2D eigenvalue weighted by Crippen LogP contribution is 2.37. The second-order valence-electron chi connectivity index (χ2n) is 4.09. The van der Waals surface area contributed by atoms with Crippen molar-refractivity contribution in [1.82, 2.24) is 5.16 Å². The van der Waals surface area contributed by atoms with Gasteiger partial charge in [0.05, 0.1) is 5.02 Å². The predicted octanol–water partition coefficient (Wildman–Crippen LogP) is 4.46. The van der Waals surface area contributed by atoms with Crippen LogP contribution < -0.4 is 5.73 Å². The number of nitrogen functional groups attached to an aromatic ring is 1. The standard InChI is InChI=1S/C12H12BrClN2O/c1-6(2)10-11(16-17-12(10)15)8-4-3-7(13)5-9(8)14/h3-6H,15H2,1-2H3. The maximum absolute atomic E-state index is 6.20. The topological polar surface area (TPSA) is 52.0 Å². The van der Waals surface area contributed by atoms with Gasteiger partial charge in [0.2, 0.25) is 5.88 Å². The summed E-state index contributed by atoms with van der Waals surface area (Å²) in [7, 11) is 0. The molecular weight excluding hydrogens is 304 g/mol. The highest BCUT2D eigenvalue weighted by Gasteiger charge is 2.20. The molecule has 1 aromatic carbocycles. The van der Waals surface area contributed by atoms with Crippen molar-refractivity contribution in [2.24, 2.45) is 0 Å². The van der Waals surface area contributed by atoms with E-state index in [1.807, 2.05) is 32.0 Å². The molecule has 0 radical (unpaired) electrons. The Morgan fingerprint density at radius 2 is 2.12 bits per heavy atom. The van der Waals surface area contributed by atoms with Crippen LogP contribution in [0.3, 0.4) is 0 Å². The van der Waals surface area contributed by atoms with Crippen molar-refractivity contribution in [3.63, 3.8) is 0 Å². The molecule has 0 spiro atoms. The van der Waals surface area contributed by atoms with Crippen LogP contribution in [0.5, 0.6) is 0 Å². The average Bonchev–Trinajstić information content (AvgIpc) is 2.60. The van der Waals surface area contributed by atoms with Gasteiger partial charge in [-0.15, -0.1) is 0 Å². The molecule has 0 saturated carbocycles. The van der Waals surface area contributed by atoms with Gasteiger partial charge in [0, 0.05) is 15.6 Å². The molecule has 0 atom stereocenters. The number of nitrogens with zero attached hydrogens (tertiary/aromatic N) is 1. The van der Waals surface area contributed by atoms with E-state index in [-0.39, 0.29) is 5.92 Å². The molecule has 2 N–H and O–H groups in total. The Kier molecular flexibility index (Phi) is 3.45. The first-order valence-electron chi connectivity index (χ1n) is 5.21. The van der Waals surface area contributed by atoms with Crippen LogP contribution in [0.2, 0.25) is 5.02 Å². The summed E-state index contributed by atoms with van der Waals surface area (Å²) >= 11 is 9.57. The zero-order valence-electron chi connectivity index (χ0n) is 9.50. The third-order valence-corrected chi connectivity index (χ3v) is 3.33. The zero-order valence-corrected chi connectivity index (χ0v) is 11.8. The number of rotatable bonds is 2. The number of anilines is 1. The van der Waals surface area contributed by atoms with Crippen LogP contribution >= 0.6 is 27.5 Å². The van der Waals surface area contributed by atoms with Gasteiger partial charge < -0.3 is 10.3 Å². The van der Waals surface area contributed by atoms with Crippen LogP contribution in [-0.2, 0) is 0 Å². The van der Waals surface area contributed by atoms with Crippen molar-refractivity contribution in [1.29, 1.82) is 0 Å². The Bertz CT molecular complexity index is 551. The van der Waals surface area contributed by atoms with E-state index in [2.05, 4.69) is 21.1 Å². The monoisotopic (exact) mass is 314 g/mol. The SMILES string of the molecule is CC(C)c1c(-c2ccc(Br)cc2Cl)noc1N. The van der Waals surface area contributed by atoms with E-state index in [1.54, 1.807) is 0 Å².